The Labute approximate surface area is 89.2 Å². The van der Waals surface area contributed by atoms with Gasteiger partial charge in [0.2, 0.25) is 0 Å². The molecule has 1 rings (SSSR count). The van der Waals surface area contributed by atoms with E-state index in [2.05, 4.69) is 5.16 Å². The molecule has 0 aliphatic carbocycles. The highest BCUT2D eigenvalue weighted by Crippen LogP contribution is 2.42. The SMILES string of the molecule is C[SH](C)c1cc(C(C)(C)C(F)(F)F)on1. The summed E-state index contributed by atoms with van der Waals surface area (Å²) in [5.41, 5.74) is -1.98. The number of thiol groups is 1. The number of hydrogen-bond acceptors (Lipinski definition) is 2. The maximum Gasteiger partial charge on any atom is 0.401 e. The molecule has 0 aliphatic rings. The first-order valence-corrected chi connectivity index (χ1v) is 6.61. The van der Waals surface area contributed by atoms with Crippen LogP contribution < -0.4 is 0 Å². The van der Waals surface area contributed by atoms with Crippen LogP contribution in [0.3, 0.4) is 0 Å². The first-order valence-electron chi connectivity index (χ1n) is 4.37. The van der Waals surface area contributed by atoms with Crippen LogP contribution in [0, 0.1) is 0 Å². The Hall–Kier alpha value is -0.650. The minimum absolute atomic E-state index is 0.124. The van der Waals surface area contributed by atoms with Gasteiger partial charge in [-0.3, -0.25) is 0 Å². The van der Waals surface area contributed by atoms with E-state index in [1.165, 1.54) is 6.07 Å². The van der Waals surface area contributed by atoms with E-state index in [4.69, 9.17) is 4.52 Å². The van der Waals surface area contributed by atoms with Gasteiger partial charge in [-0.05, 0) is 26.4 Å². The van der Waals surface area contributed by atoms with Crippen molar-refractivity contribution in [1.29, 1.82) is 0 Å². The number of aromatic nitrogens is 1. The summed E-state index contributed by atoms with van der Waals surface area (Å²) in [6.45, 7) is 2.18. The zero-order valence-electron chi connectivity index (χ0n) is 9.01. The van der Waals surface area contributed by atoms with E-state index in [-0.39, 0.29) is 5.76 Å². The molecule has 1 aromatic rings. The molecule has 0 aromatic carbocycles. The van der Waals surface area contributed by atoms with Crippen LogP contribution in [0.15, 0.2) is 15.6 Å². The second-order valence-electron chi connectivity index (χ2n) is 4.07. The molecule has 0 amide bonds. The summed E-state index contributed by atoms with van der Waals surface area (Å²) in [6, 6.07) is 1.40. The van der Waals surface area contributed by atoms with Crippen molar-refractivity contribution in [2.75, 3.05) is 12.5 Å². The molecule has 0 fully saturated rings. The monoisotopic (exact) mass is 241 g/mol. The summed E-state index contributed by atoms with van der Waals surface area (Å²) in [4.78, 5) is 0. The van der Waals surface area contributed by atoms with Crippen molar-refractivity contribution in [2.24, 2.45) is 0 Å². The number of hydrogen-bond donors (Lipinski definition) is 1. The van der Waals surface area contributed by atoms with Crippen molar-refractivity contribution in [1.82, 2.24) is 5.16 Å². The molecule has 1 aromatic heterocycles. The molecule has 2 nitrogen and oxygen atoms in total. The van der Waals surface area contributed by atoms with E-state index >= 15 is 0 Å². The molecule has 0 bridgehead atoms. The lowest BCUT2D eigenvalue weighted by molar-refractivity contribution is -0.185. The lowest BCUT2D eigenvalue weighted by Crippen LogP contribution is -2.35. The van der Waals surface area contributed by atoms with Crippen LogP contribution in [-0.2, 0) is 5.41 Å². The number of rotatable bonds is 2. The van der Waals surface area contributed by atoms with E-state index in [1.807, 2.05) is 12.5 Å². The third kappa shape index (κ3) is 2.30. The van der Waals surface area contributed by atoms with Gasteiger partial charge in [-0.2, -0.15) is 13.2 Å². The summed E-state index contributed by atoms with van der Waals surface area (Å²) in [5.74, 6) is -0.124. The van der Waals surface area contributed by atoms with E-state index in [1.54, 1.807) is 0 Å². The van der Waals surface area contributed by atoms with Gasteiger partial charge in [0.25, 0.3) is 0 Å². The van der Waals surface area contributed by atoms with Crippen LogP contribution in [0.2, 0.25) is 0 Å². The maximum absolute atomic E-state index is 12.6. The topological polar surface area (TPSA) is 26.0 Å². The van der Waals surface area contributed by atoms with Crippen molar-refractivity contribution in [3.63, 3.8) is 0 Å². The Morgan fingerprint density at radius 1 is 1.27 bits per heavy atom. The van der Waals surface area contributed by atoms with Crippen molar-refractivity contribution < 1.29 is 17.7 Å². The van der Waals surface area contributed by atoms with Gasteiger partial charge in [-0.15, -0.1) is 0 Å². The summed E-state index contributed by atoms with van der Waals surface area (Å²) in [6.07, 6.45) is -0.497. The summed E-state index contributed by atoms with van der Waals surface area (Å²) < 4.78 is 42.7. The lowest BCUT2D eigenvalue weighted by Gasteiger charge is -2.24. The van der Waals surface area contributed by atoms with Gasteiger partial charge < -0.3 is 4.52 Å². The standard InChI is InChI=1S/C9H14F3NOS/c1-8(2,9(10,11)12)6-5-7(13-14-6)15(3)4/h5,15H,1-4H3. The normalized spacial score (nSPS) is 14.2. The van der Waals surface area contributed by atoms with Crippen molar-refractivity contribution in [2.45, 2.75) is 30.5 Å². The highest BCUT2D eigenvalue weighted by Gasteiger charge is 2.51. The van der Waals surface area contributed by atoms with Crippen LogP contribution in [0.1, 0.15) is 19.6 Å². The molecule has 0 spiro atoms. The molecule has 0 N–H and O–H groups in total. The molecular formula is C9H14F3NOS. The third-order valence-electron chi connectivity index (χ3n) is 2.28. The second kappa shape index (κ2) is 3.73. The molecule has 0 aliphatic heterocycles. The first-order chi connectivity index (χ1) is 6.66. The molecule has 0 unspecified atom stereocenters. The molecule has 15 heavy (non-hydrogen) atoms. The Morgan fingerprint density at radius 2 is 1.80 bits per heavy atom. The Morgan fingerprint density at radius 3 is 2.13 bits per heavy atom. The van der Waals surface area contributed by atoms with Gasteiger partial charge in [0.15, 0.2) is 5.76 Å². The quantitative estimate of drug-likeness (QED) is 0.805. The van der Waals surface area contributed by atoms with E-state index in [0.717, 1.165) is 13.8 Å². The first kappa shape index (κ1) is 12.4. The highest BCUT2D eigenvalue weighted by molar-refractivity contribution is 8.15. The fraction of sp³-hybridized carbons (Fsp3) is 0.667. The third-order valence-corrected chi connectivity index (χ3v) is 3.41. The zero-order chi connectivity index (χ0) is 11.9. The predicted octanol–water partition coefficient (Wildman–Crippen LogP) is 3.13. The molecule has 1 heterocycles. The minimum atomic E-state index is -4.33. The lowest BCUT2D eigenvalue weighted by atomic mass is 9.90. The largest absolute Gasteiger partial charge is 0.401 e. The van der Waals surface area contributed by atoms with Gasteiger partial charge in [0, 0.05) is 6.07 Å². The minimum Gasteiger partial charge on any atom is -0.359 e. The van der Waals surface area contributed by atoms with Gasteiger partial charge in [0.1, 0.15) is 10.4 Å². The van der Waals surface area contributed by atoms with E-state index < -0.39 is 22.5 Å². The zero-order valence-corrected chi connectivity index (χ0v) is 9.91. The average molecular weight is 241 g/mol. The molecule has 0 saturated carbocycles. The summed E-state index contributed by atoms with van der Waals surface area (Å²) >= 11 is 0. The highest BCUT2D eigenvalue weighted by atomic mass is 32.2. The van der Waals surface area contributed by atoms with E-state index in [0.29, 0.717) is 5.03 Å². The van der Waals surface area contributed by atoms with Crippen molar-refractivity contribution in [3.8, 4) is 0 Å². The van der Waals surface area contributed by atoms with Crippen molar-refractivity contribution >= 4 is 10.9 Å². The van der Waals surface area contributed by atoms with Crippen molar-refractivity contribution in [3.05, 3.63) is 11.8 Å². The molecular weight excluding hydrogens is 227 g/mol. The van der Waals surface area contributed by atoms with Gasteiger partial charge >= 0.3 is 6.18 Å². The fourth-order valence-corrected chi connectivity index (χ4v) is 1.49. The van der Waals surface area contributed by atoms with Crippen LogP contribution in [0.4, 0.5) is 13.2 Å². The Kier molecular flexibility index (Phi) is 3.09. The molecule has 88 valence electrons. The van der Waals surface area contributed by atoms with Crippen LogP contribution in [0.5, 0.6) is 0 Å². The molecule has 0 atom stereocenters. The second-order valence-corrected chi connectivity index (χ2v) is 6.31. The molecule has 6 heteroatoms. The van der Waals surface area contributed by atoms with Gasteiger partial charge in [-0.1, -0.05) is 5.16 Å². The molecule has 0 saturated heterocycles. The fourth-order valence-electron chi connectivity index (χ4n) is 0.911. The smallest absolute Gasteiger partial charge is 0.359 e. The Balaban J connectivity index is 3.06. The average Bonchev–Trinajstić information content (AvgIpc) is 2.49. The van der Waals surface area contributed by atoms with Crippen LogP contribution >= 0.6 is 10.9 Å². The number of alkyl halides is 3. The number of halogens is 3. The van der Waals surface area contributed by atoms with Crippen LogP contribution in [-0.4, -0.2) is 23.8 Å². The van der Waals surface area contributed by atoms with Gasteiger partial charge in [0.05, 0.1) is 0 Å². The predicted molar refractivity (Wildman–Crippen MR) is 54.7 cm³/mol. The van der Waals surface area contributed by atoms with E-state index in [9.17, 15) is 13.2 Å². The van der Waals surface area contributed by atoms with Crippen LogP contribution in [0.25, 0.3) is 0 Å². The van der Waals surface area contributed by atoms with Gasteiger partial charge in [-0.25, -0.2) is 10.9 Å². The summed E-state index contributed by atoms with van der Waals surface area (Å²) in [7, 11) is -0.530. The summed E-state index contributed by atoms with van der Waals surface area (Å²) in [5, 5.41) is 4.26. The Bertz CT molecular complexity index is 343. The molecule has 0 radical (unpaired) electrons. The number of nitrogens with zero attached hydrogens (tertiary/aromatic N) is 1. The maximum atomic E-state index is 12.6.